The minimum atomic E-state index is 0.131. The zero-order chi connectivity index (χ0) is 19.9. The fourth-order valence-corrected chi connectivity index (χ4v) is 4.58. The van der Waals surface area contributed by atoms with Gasteiger partial charge in [0.15, 0.2) is 10.8 Å². The van der Waals surface area contributed by atoms with E-state index in [1.54, 1.807) is 0 Å². The summed E-state index contributed by atoms with van der Waals surface area (Å²) in [7, 11) is 0. The molecule has 2 heterocycles. The highest BCUT2D eigenvalue weighted by atomic mass is 32.2. The molecule has 27 heavy (non-hydrogen) atoms. The van der Waals surface area contributed by atoms with Gasteiger partial charge < -0.3 is 4.90 Å². The average molecular weight is 385 g/mol. The first-order valence-corrected chi connectivity index (χ1v) is 10.4. The van der Waals surface area contributed by atoms with E-state index in [1.807, 2.05) is 4.90 Å². The van der Waals surface area contributed by atoms with Gasteiger partial charge in [-0.2, -0.15) is 0 Å². The van der Waals surface area contributed by atoms with Crippen LogP contribution in [-0.2, 0) is 4.79 Å². The van der Waals surface area contributed by atoms with Crippen molar-refractivity contribution < 1.29 is 4.79 Å². The summed E-state index contributed by atoms with van der Waals surface area (Å²) >= 11 is 1.46. The molecule has 0 spiro atoms. The van der Waals surface area contributed by atoms with Crippen molar-refractivity contribution in [3.05, 3.63) is 34.9 Å². The summed E-state index contributed by atoms with van der Waals surface area (Å²) in [5, 5.41) is 10.8. The largest absolute Gasteiger partial charge is 0.337 e. The first-order chi connectivity index (χ1) is 12.7. The lowest BCUT2D eigenvalue weighted by atomic mass is 10.0. The molecule has 2 aromatic heterocycles. The van der Waals surface area contributed by atoms with Gasteiger partial charge in [-0.1, -0.05) is 23.9 Å². The number of fused-ring (bicyclic) bond motifs is 3. The Morgan fingerprint density at radius 1 is 1.04 bits per heavy atom. The molecule has 0 aliphatic carbocycles. The van der Waals surface area contributed by atoms with Crippen molar-refractivity contribution in [2.75, 3.05) is 5.75 Å². The number of aromatic nitrogens is 3. The van der Waals surface area contributed by atoms with Crippen LogP contribution in [0.1, 0.15) is 44.4 Å². The number of hydrogen-bond donors (Lipinski definition) is 0. The Labute approximate surface area is 165 Å². The van der Waals surface area contributed by atoms with Gasteiger partial charge in [0.05, 0.1) is 11.3 Å². The molecule has 0 radical (unpaired) electrons. The Balaban J connectivity index is 2.04. The summed E-state index contributed by atoms with van der Waals surface area (Å²) in [6, 6.07) is 6.82. The van der Waals surface area contributed by atoms with Gasteiger partial charge >= 0.3 is 0 Å². The van der Waals surface area contributed by atoms with Crippen LogP contribution >= 0.6 is 11.8 Å². The number of thioether (sulfide) groups is 1. The lowest BCUT2D eigenvalue weighted by Crippen LogP contribution is -2.43. The molecule has 6 heteroatoms. The molecule has 0 fully saturated rings. The summed E-state index contributed by atoms with van der Waals surface area (Å²) in [5.41, 5.74) is 5.48. The van der Waals surface area contributed by atoms with Gasteiger partial charge in [0, 0.05) is 17.5 Å². The van der Waals surface area contributed by atoms with Gasteiger partial charge in [0.2, 0.25) is 5.91 Å². The predicted molar refractivity (Wildman–Crippen MR) is 113 cm³/mol. The van der Waals surface area contributed by atoms with Gasteiger partial charge in [-0.25, -0.2) is 0 Å². The number of benzene rings is 1. The van der Waals surface area contributed by atoms with Crippen LogP contribution in [0.2, 0.25) is 0 Å². The molecule has 144 valence electrons. The second-order valence-corrected chi connectivity index (χ2v) is 8.65. The highest BCUT2D eigenvalue weighted by Crippen LogP contribution is 2.29. The molecule has 3 aromatic rings. The van der Waals surface area contributed by atoms with E-state index in [0.717, 1.165) is 21.9 Å². The third kappa shape index (κ3) is 3.55. The van der Waals surface area contributed by atoms with Gasteiger partial charge in [0.1, 0.15) is 0 Å². The molecule has 0 bridgehead atoms. The molecule has 0 atom stereocenters. The Kier molecular flexibility index (Phi) is 5.47. The summed E-state index contributed by atoms with van der Waals surface area (Å²) < 4.78 is 2.11. The van der Waals surface area contributed by atoms with Crippen molar-refractivity contribution in [1.82, 2.24) is 19.5 Å². The highest BCUT2D eigenvalue weighted by molar-refractivity contribution is 7.99. The number of carbonyl (C=O) groups excluding carboxylic acids is 1. The first kappa shape index (κ1) is 19.7. The van der Waals surface area contributed by atoms with Crippen LogP contribution in [0.15, 0.2) is 23.4 Å². The Hall–Kier alpha value is -2.08. The molecule has 0 aliphatic rings. The molecule has 0 unspecified atom stereocenters. The third-order valence-corrected chi connectivity index (χ3v) is 5.85. The molecular formula is C21H28N4OS. The molecule has 0 saturated heterocycles. The topological polar surface area (TPSA) is 50.5 Å². The van der Waals surface area contributed by atoms with E-state index in [9.17, 15) is 4.79 Å². The van der Waals surface area contributed by atoms with Gasteiger partial charge in [-0.05, 0) is 71.2 Å². The van der Waals surface area contributed by atoms with E-state index >= 15 is 0 Å². The van der Waals surface area contributed by atoms with Gasteiger partial charge in [0.25, 0.3) is 0 Å². The highest BCUT2D eigenvalue weighted by Gasteiger charge is 2.22. The molecule has 0 aliphatic heterocycles. The number of hydrogen-bond acceptors (Lipinski definition) is 4. The van der Waals surface area contributed by atoms with Crippen LogP contribution in [0.3, 0.4) is 0 Å². The molecule has 0 N–H and O–H groups in total. The maximum atomic E-state index is 12.8. The molecule has 1 amide bonds. The first-order valence-electron chi connectivity index (χ1n) is 9.41. The van der Waals surface area contributed by atoms with Crippen LogP contribution in [0.25, 0.3) is 16.6 Å². The number of rotatable bonds is 5. The number of amides is 1. The van der Waals surface area contributed by atoms with Crippen molar-refractivity contribution in [1.29, 1.82) is 0 Å². The van der Waals surface area contributed by atoms with E-state index in [2.05, 4.69) is 81.3 Å². The quantitative estimate of drug-likeness (QED) is 0.606. The summed E-state index contributed by atoms with van der Waals surface area (Å²) in [6.07, 6.45) is 0. The van der Waals surface area contributed by atoms with Crippen LogP contribution in [0.5, 0.6) is 0 Å². The second-order valence-electron chi connectivity index (χ2n) is 7.71. The molecule has 3 rings (SSSR count). The predicted octanol–water partition coefficient (Wildman–Crippen LogP) is 4.55. The number of aryl methyl sites for hydroxylation is 3. The van der Waals surface area contributed by atoms with Gasteiger partial charge in [-0.3, -0.25) is 9.20 Å². The Bertz CT molecular complexity index is 998. The summed E-state index contributed by atoms with van der Waals surface area (Å²) in [6.45, 7) is 14.5. The molecule has 5 nitrogen and oxygen atoms in total. The van der Waals surface area contributed by atoms with Crippen molar-refractivity contribution in [3.8, 4) is 0 Å². The second kappa shape index (κ2) is 7.50. The SMILES string of the molecule is Cc1ccc(C)c2c1cc(C)c1nnc(SCC(=O)N(C(C)C)C(C)C)n12. The molecular weight excluding hydrogens is 356 g/mol. The van der Waals surface area contributed by atoms with E-state index in [-0.39, 0.29) is 18.0 Å². The zero-order valence-corrected chi connectivity index (χ0v) is 18.0. The zero-order valence-electron chi connectivity index (χ0n) is 17.2. The minimum Gasteiger partial charge on any atom is -0.337 e. The van der Waals surface area contributed by atoms with Crippen molar-refractivity contribution in [2.24, 2.45) is 0 Å². The fourth-order valence-electron chi connectivity index (χ4n) is 3.77. The third-order valence-electron chi connectivity index (χ3n) is 4.93. The molecule has 1 aromatic carbocycles. The van der Waals surface area contributed by atoms with Crippen molar-refractivity contribution in [3.63, 3.8) is 0 Å². The van der Waals surface area contributed by atoms with Crippen LogP contribution in [-0.4, -0.2) is 43.2 Å². The molecule has 0 saturated carbocycles. The average Bonchev–Trinajstić information content (AvgIpc) is 3.00. The van der Waals surface area contributed by atoms with E-state index in [4.69, 9.17) is 0 Å². The van der Waals surface area contributed by atoms with Crippen molar-refractivity contribution in [2.45, 2.75) is 65.7 Å². The maximum Gasteiger partial charge on any atom is 0.233 e. The smallest absolute Gasteiger partial charge is 0.233 e. The number of nitrogens with zero attached hydrogens (tertiary/aromatic N) is 4. The van der Waals surface area contributed by atoms with E-state index in [0.29, 0.717) is 5.75 Å². The lowest BCUT2D eigenvalue weighted by Gasteiger charge is -2.30. The normalized spacial score (nSPS) is 11.9. The summed E-state index contributed by atoms with van der Waals surface area (Å²) in [4.78, 5) is 14.7. The van der Waals surface area contributed by atoms with E-state index in [1.165, 1.54) is 28.3 Å². The standard InChI is InChI=1S/C21H28N4OS/c1-12(2)24(13(3)4)18(26)11-27-21-23-22-20-16(7)10-17-14(5)8-9-15(6)19(17)25(20)21/h8-10,12-13H,11H2,1-7H3. The van der Waals surface area contributed by atoms with Crippen LogP contribution in [0.4, 0.5) is 0 Å². The van der Waals surface area contributed by atoms with Crippen molar-refractivity contribution >= 4 is 34.2 Å². The van der Waals surface area contributed by atoms with E-state index < -0.39 is 0 Å². The summed E-state index contributed by atoms with van der Waals surface area (Å²) in [5.74, 6) is 0.490. The van der Waals surface area contributed by atoms with Crippen LogP contribution < -0.4 is 0 Å². The Morgan fingerprint density at radius 2 is 1.67 bits per heavy atom. The number of carbonyl (C=O) groups is 1. The van der Waals surface area contributed by atoms with Crippen LogP contribution in [0, 0.1) is 20.8 Å². The maximum absolute atomic E-state index is 12.8. The Morgan fingerprint density at radius 3 is 2.30 bits per heavy atom. The minimum absolute atomic E-state index is 0.131. The number of pyridine rings is 1. The monoisotopic (exact) mass is 384 g/mol. The fraction of sp³-hybridized carbons (Fsp3) is 0.476. The lowest BCUT2D eigenvalue weighted by molar-refractivity contribution is -0.131. The van der Waals surface area contributed by atoms with Gasteiger partial charge in [-0.15, -0.1) is 10.2 Å².